The highest BCUT2D eigenvalue weighted by Gasteiger charge is 2.07. The van der Waals surface area contributed by atoms with Gasteiger partial charge in [-0.05, 0) is 42.3 Å². The second-order valence-corrected chi connectivity index (χ2v) is 4.92. The maximum Gasteiger partial charge on any atom is 0.255 e. The van der Waals surface area contributed by atoms with Gasteiger partial charge in [-0.2, -0.15) is 0 Å². The molecule has 6 heteroatoms. The molecule has 0 bridgehead atoms. The molecule has 0 spiro atoms. The van der Waals surface area contributed by atoms with Crippen LogP contribution in [0.3, 0.4) is 0 Å². The minimum absolute atomic E-state index is 0.240. The molecule has 0 atom stereocenters. The summed E-state index contributed by atoms with van der Waals surface area (Å²) < 4.78 is 18.0. The van der Waals surface area contributed by atoms with E-state index in [1.807, 2.05) is 0 Å². The van der Waals surface area contributed by atoms with Gasteiger partial charge >= 0.3 is 0 Å². The fourth-order valence-electron chi connectivity index (χ4n) is 1.96. The van der Waals surface area contributed by atoms with Crippen molar-refractivity contribution in [1.82, 2.24) is 5.32 Å². The number of primary amides is 1. The van der Waals surface area contributed by atoms with E-state index >= 15 is 0 Å². The van der Waals surface area contributed by atoms with E-state index in [2.05, 4.69) is 5.32 Å². The maximum absolute atomic E-state index is 12.8. The first-order valence-electron chi connectivity index (χ1n) is 7.08. The fourth-order valence-corrected chi connectivity index (χ4v) is 1.96. The van der Waals surface area contributed by atoms with Crippen LogP contribution in [0.5, 0.6) is 5.75 Å². The Morgan fingerprint density at radius 1 is 1.13 bits per heavy atom. The van der Waals surface area contributed by atoms with E-state index < -0.39 is 5.91 Å². The molecule has 120 valence electrons. The van der Waals surface area contributed by atoms with Gasteiger partial charge in [-0.3, -0.25) is 9.59 Å². The number of hydrogen-bond acceptors (Lipinski definition) is 3. The number of nitrogens with two attached hydrogens (primary N) is 1. The van der Waals surface area contributed by atoms with Gasteiger partial charge in [0.05, 0.1) is 0 Å². The predicted molar refractivity (Wildman–Crippen MR) is 83.6 cm³/mol. The Morgan fingerprint density at radius 2 is 1.87 bits per heavy atom. The molecular weight excluding hydrogens is 299 g/mol. The normalized spacial score (nSPS) is 10.1. The highest BCUT2D eigenvalue weighted by molar-refractivity contribution is 5.94. The first kappa shape index (κ1) is 16.5. The lowest BCUT2D eigenvalue weighted by molar-refractivity contribution is -0.119. The van der Waals surface area contributed by atoms with Crippen molar-refractivity contribution < 1.29 is 18.7 Å². The number of nitrogens with one attached hydrogen (secondary N) is 1. The third kappa shape index (κ3) is 5.43. The molecule has 2 rings (SSSR count). The van der Waals surface area contributed by atoms with Crippen molar-refractivity contribution in [2.24, 2.45) is 5.73 Å². The minimum Gasteiger partial charge on any atom is -0.484 e. The molecule has 0 aromatic heterocycles. The zero-order chi connectivity index (χ0) is 16.7. The lowest BCUT2D eigenvalue weighted by atomic mass is 10.1. The third-order valence-electron chi connectivity index (χ3n) is 3.09. The van der Waals surface area contributed by atoms with Gasteiger partial charge in [0, 0.05) is 12.1 Å². The van der Waals surface area contributed by atoms with Crippen LogP contribution in [0.2, 0.25) is 0 Å². The lowest BCUT2D eigenvalue weighted by Crippen LogP contribution is -2.25. The summed E-state index contributed by atoms with van der Waals surface area (Å²) in [6.45, 7) is 0.187. The first-order valence-corrected chi connectivity index (χ1v) is 7.08. The molecular formula is C17H17FN2O3. The third-order valence-corrected chi connectivity index (χ3v) is 3.09. The molecule has 2 aromatic carbocycles. The van der Waals surface area contributed by atoms with Gasteiger partial charge < -0.3 is 15.8 Å². The average molecular weight is 316 g/mol. The molecule has 2 amide bonds. The molecule has 0 heterocycles. The Morgan fingerprint density at radius 3 is 2.57 bits per heavy atom. The second kappa shape index (κ2) is 7.93. The molecule has 0 radical (unpaired) electrons. The highest BCUT2D eigenvalue weighted by atomic mass is 19.1. The second-order valence-electron chi connectivity index (χ2n) is 4.92. The van der Waals surface area contributed by atoms with Crippen LogP contribution in [0.4, 0.5) is 4.39 Å². The number of rotatable bonds is 7. The van der Waals surface area contributed by atoms with Gasteiger partial charge in [0.15, 0.2) is 6.61 Å². The molecule has 0 saturated heterocycles. The van der Waals surface area contributed by atoms with Crippen molar-refractivity contribution in [2.45, 2.75) is 6.42 Å². The molecule has 0 fully saturated rings. The van der Waals surface area contributed by atoms with Crippen LogP contribution in [0, 0.1) is 5.82 Å². The number of ether oxygens (including phenoxy) is 1. The van der Waals surface area contributed by atoms with Gasteiger partial charge in [-0.15, -0.1) is 0 Å². The molecule has 2 aromatic rings. The van der Waals surface area contributed by atoms with Gasteiger partial charge in [0.25, 0.3) is 11.8 Å². The van der Waals surface area contributed by atoms with Crippen molar-refractivity contribution in [1.29, 1.82) is 0 Å². The van der Waals surface area contributed by atoms with Gasteiger partial charge in [0.1, 0.15) is 11.6 Å². The summed E-state index contributed by atoms with van der Waals surface area (Å²) in [5, 5.41) is 2.77. The summed E-state index contributed by atoms with van der Waals surface area (Å²) in [6.07, 6.45) is 0.601. The van der Waals surface area contributed by atoms with Gasteiger partial charge in [-0.1, -0.05) is 18.2 Å². The lowest BCUT2D eigenvalue weighted by Gasteiger charge is -2.08. The maximum atomic E-state index is 12.8. The Labute approximate surface area is 133 Å². The smallest absolute Gasteiger partial charge is 0.255 e. The van der Waals surface area contributed by atoms with E-state index in [0.29, 0.717) is 24.3 Å². The molecule has 3 N–H and O–H groups in total. The standard InChI is InChI=1S/C17H17FN2O3/c18-14-6-4-12(5-7-14)8-9-20-17(22)13-2-1-3-15(10-13)23-11-16(19)21/h1-7,10H,8-9,11H2,(H2,19,21)(H,20,22). The minimum atomic E-state index is -0.584. The Hall–Kier alpha value is -2.89. The number of amides is 2. The molecule has 0 aliphatic heterocycles. The summed E-state index contributed by atoms with van der Waals surface area (Å²) in [6, 6.07) is 12.6. The summed E-state index contributed by atoms with van der Waals surface area (Å²) in [4.78, 5) is 22.7. The molecule has 0 aliphatic carbocycles. The van der Waals surface area contributed by atoms with E-state index in [9.17, 15) is 14.0 Å². The summed E-state index contributed by atoms with van der Waals surface area (Å²) in [5.74, 6) is -0.726. The van der Waals surface area contributed by atoms with Crippen molar-refractivity contribution in [3.8, 4) is 5.75 Å². The van der Waals surface area contributed by atoms with Gasteiger partial charge in [0.2, 0.25) is 0 Å². The predicted octanol–water partition coefficient (Wildman–Crippen LogP) is 1.66. The topological polar surface area (TPSA) is 81.4 Å². The van der Waals surface area contributed by atoms with Crippen LogP contribution in [0.1, 0.15) is 15.9 Å². The number of benzene rings is 2. The van der Waals surface area contributed by atoms with Gasteiger partial charge in [-0.25, -0.2) is 4.39 Å². The number of carbonyl (C=O) groups is 2. The summed E-state index contributed by atoms with van der Waals surface area (Å²) >= 11 is 0. The molecule has 23 heavy (non-hydrogen) atoms. The molecule has 0 unspecified atom stereocenters. The number of carbonyl (C=O) groups excluding carboxylic acids is 2. The monoisotopic (exact) mass is 316 g/mol. The van der Waals surface area contributed by atoms with Crippen molar-refractivity contribution in [3.63, 3.8) is 0 Å². The zero-order valence-corrected chi connectivity index (χ0v) is 12.4. The Kier molecular flexibility index (Phi) is 5.68. The van der Waals surface area contributed by atoms with E-state index in [1.54, 1.807) is 30.3 Å². The fraction of sp³-hybridized carbons (Fsp3) is 0.176. The number of halogens is 1. The van der Waals surface area contributed by atoms with Crippen LogP contribution in [-0.2, 0) is 11.2 Å². The largest absolute Gasteiger partial charge is 0.484 e. The Balaban J connectivity index is 1.86. The molecule has 5 nitrogen and oxygen atoms in total. The van der Waals surface area contributed by atoms with Crippen molar-refractivity contribution in [3.05, 3.63) is 65.5 Å². The SMILES string of the molecule is NC(=O)COc1cccc(C(=O)NCCc2ccc(F)cc2)c1. The zero-order valence-electron chi connectivity index (χ0n) is 12.4. The van der Waals surface area contributed by atoms with Crippen LogP contribution < -0.4 is 15.8 Å². The van der Waals surface area contributed by atoms with E-state index in [4.69, 9.17) is 10.5 Å². The van der Waals surface area contributed by atoms with Crippen molar-refractivity contribution >= 4 is 11.8 Å². The van der Waals surface area contributed by atoms with E-state index in [-0.39, 0.29) is 18.3 Å². The quantitative estimate of drug-likeness (QED) is 0.815. The molecule has 0 aliphatic rings. The first-order chi connectivity index (χ1) is 11.0. The molecule has 0 saturated carbocycles. The van der Waals surface area contributed by atoms with E-state index in [0.717, 1.165) is 5.56 Å². The summed E-state index contributed by atoms with van der Waals surface area (Å²) in [5.41, 5.74) is 6.36. The van der Waals surface area contributed by atoms with E-state index in [1.165, 1.54) is 18.2 Å². The Bertz CT molecular complexity index is 686. The van der Waals surface area contributed by atoms with Crippen LogP contribution in [0.25, 0.3) is 0 Å². The number of hydrogen-bond donors (Lipinski definition) is 2. The van der Waals surface area contributed by atoms with Crippen LogP contribution in [0.15, 0.2) is 48.5 Å². The van der Waals surface area contributed by atoms with Crippen LogP contribution in [-0.4, -0.2) is 25.0 Å². The van der Waals surface area contributed by atoms with Crippen LogP contribution >= 0.6 is 0 Å². The summed E-state index contributed by atoms with van der Waals surface area (Å²) in [7, 11) is 0. The average Bonchev–Trinajstić information content (AvgIpc) is 2.55. The highest BCUT2D eigenvalue weighted by Crippen LogP contribution is 2.13. The van der Waals surface area contributed by atoms with Crippen molar-refractivity contribution in [2.75, 3.05) is 13.2 Å².